The molecule has 0 bridgehead atoms. The number of hydrogen-bond donors (Lipinski definition) is 1. The summed E-state index contributed by atoms with van der Waals surface area (Å²) in [5.41, 5.74) is 1.40. The first-order valence-electron chi connectivity index (χ1n) is 5.50. The standard InChI is InChI=1S/C14H12ClF2N/c1-9-6-13(17)14(7-12(9)16)18-8-10-2-4-11(15)5-3-10/h2-7,18H,8H2,1H3. The summed E-state index contributed by atoms with van der Waals surface area (Å²) in [6.07, 6.45) is 0. The molecule has 0 spiro atoms. The van der Waals surface area contributed by atoms with Gasteiger partial charge in [0.05, 0.1) is 5.69 Å². The quantitative estimate of drug-likeness (QED) is 0.861. The summed E-state index contributed by atoms with van der Waals surface area (Å²) in [6.45, 7) is 1.94. The molecule has 94 valence electrons. The Bertz CT molecular complexity index is 552. The molecule has 0 aromatic heterocycles. The summed E-state index contributed by atoms with van der Waals surface area (Å²) >= 11 is 5.76. The normalized spacial score (nSPS) is 10.4. The van der Waals surface area contributed by atoms with Crippen LogP contribution in [0.1, 0.15) is 11.1 Å². The zero-order chi connectivity index (χ0) is 13.1. The van der Waals surface area contributed by atoms with Crippen LogP contribution in [0.25, 0.3) is 0 Å². The highest BCUT2D eigenvalue weighted by molar-refractivity contribution is 6.30. The second kappa shape index (κ2) is 5.36. The van der Waals surface area contributed by atoms with E-state index in [1.165, 1.54) is 19.1 Å². The van der Waals surface area contributed by atoms with E-state index in [1.807, 2.05) is 12.1 Å². The molecule has 0 heterocycles. The van der Waals surface area contributed by atoms with E-state index in [2.05, 4.69) is 5.32 Å². The Balaban J connectivity index is 2.10. The lowest BCUT2D eigenvalue weighted by Crippen LogP contribution is -2.02. The summed E-state index contributed by atoms with van der Waals surface area (Å²) in [7, 11) is 0. The molecule has 2 rings (SSSR count). The molecule has 2 aromatic rings. The van der Waals surface area contributed by atoms with Gasteiger partial charge in [0.1, 0.15) is 11.6 Å². The number of rotatable bonds is 3. The fraction of sp³-hybridized carbons (Fsp3) is 0.143. The molecule has 0 aliphatic rings. The molecule has 4 heteroatoms. The highest BCUT2D eigenvalue weighted by Crippen LogP contribution is 2.20. The van der Waals surface area contributed by atoms with Gasteiger partial charge in [0.15, 0.2) is 0 Å². The Hall–Kier alpha value is -1.61. The average Bonchev–Trinajstić information content (AvgIpc) is 2.34. The zero-order valence-corrected chi connectivity index (χ0v) is 10.6. The van der Waals surface area contributed by atoms with Gasteiger partial charge in [0.25, 0.3) is 0 Å². The van der Waals surface area contributed by atoms with Gasteiger partial charge < -0.3 is 5.32 Å². The monoisotopic (exact) mass is 267 g/mol. The van der Waals surface area contributed by atoms with Gasteiger partial charge in [-0.15, -0.1) is 0 Å². The van der Waals surface area contributed by atoms with Crippen molar-refractivity contribution in [3.05, 3.63) is 64.2 Å². The third-order valence-electron chi connectivity index (χ3n) is 2.64. The summed E-state index contributed by atoms with van der Waals surface area (Å²) < 4.78 is 26.9. The Morgan fingerprint density at radius 3 is 2.39 bits per heavy atom. The van der Waals surface area contributed by atoms with E-state index in [-0.39, 0.29) is 5.69 Å². The van der Waals surface area contributed by atoms with Gasteiger partial charge in [-0.25, -0.2) is 8.78 Å². The molecular weight excluding hydrogens is 256 g/mol. The van der Waals surface area contributed by atoms with Crippen molar-refractivity contribution in [1.82, 2.24) is 0 Å². The summed E-state index contributed by atoms with van der Waals surface area (Å²) in [4.78, 5) is 0. The van der Waals surface area contributed by atoms with Gasteiger partial charge in [-0.3, -0.25) is 0 Å². The minimum Gasteiger partial charge on any atom is -0.379 e. The maximum atomic E-state index is 13.5. The van der Waals surface area contributed by atoms with Crippen molar-refractivity contribution in [1.29, 1.82) is 0 Å². The number of halogens is 3. The molecule has 0 fully saturated rings. The van der Waals surface area contributed by atoms with Gasteiger partial charge in [0.2, 0.25) is 0 Å². The lowest BCUT2D eigenvalue weighted by molar-refractivity contribution is 0.594. The Morgan fingerprint density at radius 2 is 1.72 bits per heavy atom. The number of nitrogens with one attached hydrogen (secondary N) is 1. The molecule has 0 aliphatic heterocycles. The fourth-order valence-corrected chi connectivity index (χ4v) is 1.71. The van der Waals surface area contributed by atoms with E-state index < -0.39 is 11.6 Å². The van der Waals surface area contributed by atoms with Crippen molar-refractivity contribution in [2.75, 3.05) is 5.32 Å². The molecule has 1 nitrogen and oxygen atoms in total. The van der Waals surface area contributed by atoms with Gasteiger partial charge in [-0.2, -0.15) is 0 Å². The molecule has 0 unspecified atom stereocenters. The van der Waals surface area contributed by atoms with Crippen LogP contribution in [0.15, 0.2) is 36.4 Å². The summed E-state index contributed by atoms with van der Waals surface area (Å²) in [6, 6.07) is 9.52. The molecule has 0 aliphatic carbocycles. The molecule has 0 atom stereocenters. The minimum atomic E-state index is -0.456. The Labute approximate surface area is 109 Å². The fourth-order valence-electron chi connectivity index (χ4n) is 1.58. The average molecular weight is 268 g/mol. The molecule has 0 radical (unpaired) electrons. The van der Waals surface area contributed by atoms with Gasteiger partial charge in [-0.1, -0.05) is 23.7 Å². The SMILES string of the molecule is Cc1cc(F)c(NCc2ccc(Cl)cc2)cc1F. The van der Waals surface area contributed by atoms with Crippen molar-refractivity contribution in [3.63, 3.8) is 0 Å². The summed E-state index contributed by atoms with van der Waals surface area (Å²) in [5.74, 6) is -0.877. The number of aryl methyl sites for hydroxylation is 1. The Kier molecular flexibility index (Phi) is 3.82. The first-order chi connectivity index (χ1) is 8.56. The first kappa shape index (κ1) is 12.8. The zero-order valence-electron chi connectivity index (χ0n) is 9.81. The van der Waals surface area contributed by atoms with Crippen molar-refractivity contribution in [2.24, 2.45) is 0 Å². The summed E-state index contributed by atoms with van der Waals surface area (Å²) in [5, 5.41) is 3.50. The van der Waals surface area contributed by atoms with E-state index in [0.29, 0.717) is 17.1 Å². The lowest BCUT2D eigenvalue weighted by atomic mass is 10.2. The second-order valence-electron chi connectivity index (χ2n) is 4.06. The van der Waals surface area contributed by atoms with Crippen LogP contribution in [0.5, 0.6) is 0 Å². The molecule has 1 N–H and O–H groups in total. The van der Waals surface area contributed by atoms with Gasteiger partial charge >= 0.3 is 0 Å². The largest absolute Gasteiger partial charge is 0.379 e. The van der Waals surface area contributed by atoms with Crippen LogP contribution < -0.4 is 5.32 Å². The van der Waals surface area contributed by atoms with Crippen LogP contribution in [-0.4, -0.2) is 0 Å². The molecule has 2 aromatic carbocycles. The van der Waals surface area contributed by atoms with Crippen molar-refractivity contribution in [2.45, 2.75) is 13.5 Å². The second-order valence-corrected chi connectivity index (χ2v) is 4.50. The van der Waals surface area contributed by atoms with E-state index in [1.54, 1.807) is 12.1 Å². The van der Waals surface area contributed by atoms with E-state index >= 15 is 0 Å². The van der Waals surface area contributed by atoms with E-state index in [4.69, 9.17) is 11.6 Å². The van der Waals surface area contributed by atoms with Crippen LogP contribution in [0.4, 0.5) is 14.5 Å². The third-order valence-corrected chi connectivity index (χ3v) is 2.90. The number of benzene rings is 2. The maximum absolute atomic E-state index is 13.5. The lowest BCUT2D eigenvalue weighted by Gasteiger charge is -2.09. The van der Waals surface area contributed by atoms with Crippen molar-refractivity contribution >= 4 is 17.3 Å². The predicted molar refractivity (Wildman–Crippen MR) is 69.9 cm³/mol. The molecule has 0 saturated heterocycles. The van der Waals surface area contributed by atoms with E-state index in [9.17, 15) is 8.78 Å². The smallest absolute Gasteiger partial charge is 0.146 e. The molecule has 0 amide bonds. The highest BCUT2D eigenvalue weighted by atomic mass is 35.5. The van der Waals surface area contributed by atoms with E-state index in [0.717, 1.165) is 5.56 Å². The van der Waals surface area contributed by atoms with Crippen molar-refractivity contribution < 1.29 is 8.78 Å². The first-order valence-corrected chi connectivity index (χ1v) is 5.88. The van der Waals surface area contributed by atoms with Gasteiger partial charge in [0, 0.05) is 17.6 Å². The Morgan fingerprint density at radius 1 is 1.06 bits per heavy atom. The van der Waals surface area contributed by atoms with Crippen LogP contribution in [-0.2, 0) is 6.54 Å². The van der Waals surface area contributed by atoms with Gasteiger partial charge in [-0.05, 0) is 36.2 Å². The molecular formula is C14H12ClF2N. The highest BCUT2D eigenvalue weighted by Gasteiger charge is 2.06. The molecule has 18 heavy (non-hydrogen) atoms. The predicted octanol–water partition coefficient (Wildman–Crippen LogP) is 4.54. The molecule has 0 saturated carbocycles. The topological polar surface area (TPSA) is 12.0 Å². The number of anilines is 1. The van der Waals surface area contributed by atoms with Crippen LogP contribution >= 0.6 is 11.6 Å². The maximum Gasteiger partial charge on any atom is 0.146 e. The third kappa shape index (κ3) is 2.99. The van der Waals surface area contributed by atoms with Crippen LogP contribution in [0.3, 0.4) is 0 Å². The number of hydrogen-bond acceptors (Lipinski definition) is 1. The van der Waals surface area contributed by atoms with Crippen LogP contribution in [0, 0.1) is 18.6 Å². The van der Waals surface area contributed by atoms with Crippen LogP contribution in [0.2, 0.25) is 5.02 Å². The van der Waals surface area contributed by atoms with Crippen molar-refractivity contribution in [3.8, 4) is 0 Å². The minimum absolute atomic E-state index is 0.160.